The highest BCUT2D eigenvalue weighted by molar-refractivity contribution is 5.82. The maximum absolute atomic E-state index is 13.5. The molecule has 0 amide bonds. The Morgan fingerprint density at radius 3 is 2.00 bits per heavy atom. The third-order valence-electron chi connectivity index (χ3n) is 11.6. The molecule has 2 fully saturated rings. The second kappa shape index (κ2) is 19.2. The normalized spacial score (nSPS) is 24.5. The van der Waals surface area contributed by atoms with Gasteiger partial charge >= 0.3 is 17.9 Å². The maximum Gasteiger partial charge on any atom is 0.314 e. The van der Waals surface area contributed by atoms with E-state index < -0.39 is 34.8 Å². The fraction of sp³-hybridized carbons (Fsp3) is 0.698. The van der Waals surface area contributed by atoms with E-state index in [0.717, 1.165) is 32.1 Å². The van der Waals surface area contributed by atoms with Gasteiger partial charge in [-0.15, -0.1) is 0 Å². The number of hydrogen-bond acceptors (Lipinski definition) is 7. The number of ether oxygens (including phenoxy) is 3. The van der Waals surface area contributed by atoms with Crippen LogP contribution in [0.25, 0.3) is 10.8 Å². The van der Waals surface area contributed by atoms with Gasteiger partial charge in [-0.25, -0.2) is 0 Å². The summed E-state index contributed by atoms with van der Waals surface area (Å²) in [6.07, 6.45) is 7.25. The van der Waals surface area contributed by atoms with Crippen LogP contribution in [0.1, 0.15) is 132 Å². The molecule has 8 heteroatoms. The minimum absolute atomic E-state index is 0.0173. The minimum Gasteiger partial charge on any atom is -0.481 e. The summed E-state index contributed by atoms with van der Waals surface area (Å²) in [6, 6.07) is 16.7. The van der Waals surface area contributed by atoms with Crippen molar-refractivity contribution in [3.63, 3.8) is 0 Å². The standard InChI is InChI=1S/C33H58O8.C10H8/c1-9-32(7,29(36)37)16-12-17-33(8,30(38)40-27-13-10-11-18-39-27)21-23(3)19-24(4)28(35)41-31(5,6)25-15-14-22(2)20-26(25)34;1-2-6-10-8-4-3-7-9(10)5-1/h22-27,34H,9-21H2,1-8H3,(H,36,37);1-8H. The van der Waals surface area contributed by atoms with Crippen LogP contribution < -0.4 is 0 Å². The Balaban J connectivity index is 0.000000592. The number of rotatable bonds is 15. The predicted octanol–water partition coefficient (Wildman–Crippen LogP) is 9.74. The Kier molecular flexibility index (Phi) is 16.0. The van der Waals surface area contributed by atoms with Crippen molar-refractivity contribution in [1.29, 1.82) is 0 Å². The number of esters is 2. The van der Waals surface area contributed by atoms with Gasteiger partial charge in [-0.05, 0) is 108 Å². The monoisotopic (exact) mass is 710 g/mol. The number of aliphatic hydroxyl groups excluding tert-OH is 1. The van der Waals surface area contributed by atoms with Gasteiger partial charge in [0.2, 0.25) is 6.29 Å². The molecular weight excluding hydrogens is 644 g/mol. The van der Waals surface area contributed by atoms with Crippen molar-refractivity contribution < 1.29 is 38.8 Å². The number of fused-ring (bicyclic) bond motifs is 1. The molecule has 8 nitrogen and oxygen atoms in total. The molecular formula is C43H66O8. The smallest absolute Gasteiger partial charge is 0.314 e. The fourth-order valence-electron chi connectivity index (χ4n) is 7.94. The van der Waals surface area contributed by atoms with Crippen LogP contribution in [0.2, 0.25) is 0 Å². The second-order valence-electron chi connectivity index (χ2n) is 16.7. The van der Waals surface area contributed by atoms with E-state index in [1.807, 2.05) is 41.5 Å². The Morgan fingerprint density at radius 1 is 0.902 bits per heavy atom. The van der Waals surface area contributed by atoms with Crippen molar-refractivity contribution in [2.45, 2.75) is 150 Å². The molecule has 1 saturated heterocycles. The summed E-state index contributed by atoms with van der Waals surface area (Å²) in [6.45, 7) is 15.9. The third kappa shape index (κ3) is 12.6. The molecule has 1 heterocycles. The summed E-state index contributed by atoms with van der Waals surface area (Å²) in [5.41, 5.74) is -2.43. The molecule has 0 radical (unpaired) electrons. The van der Waals surface area contributed by atoms with Crippen molar-refractivity contribution in [1.82, 2.24) is 0 Å². The molecule has 0 bridgehead atoms. The minimum atomic E-state index is -0.835. The topological polar surface area (TPSA) is 119 Å². The highest BCUT2D eigenvalue weighted by atomic mass is 16.7. The van der Waals surface area contributed by atoms with E-state index in [1.165, 1.54) is 10.8 Å². The second-order valence-corrected chi connectivity index (χ2v) is 16.7. The van der Waals surface area contributed by atoms with Crippen LogP contribution in [-0.2, 0) is 28.6 Å². The lowest BCUT2D eigenvalue weighted by atomic mass is 9.73. The number of aliphatic hydroxyl groups is 1. The number of carboxylic acid groups (broad SMARTS) is 1. The molecule has 8 unspecified atom stereocenters. The van der Waals surface area contributed by atoms with Gasteiger partial charge in [-0.2, -0.15) is 0 Å². The van der Waals surface area contributed by atoms with E-state index in [0.29, 0.717) is 57.5 Å². The van der Waals surface area contributed by atoms with Crippen LogP contribution in [0.15, 0.2) is 48.5 Å². The largest absolute Gasteiger partial charge is 0.481 e. The van der Waals surface area contributed by atoms with Crippen LogP contribution in [0, 0.1) is 34.5 Å². The molecule has 1 saturated carbocycles. The van der Waals surface area contributed by atoms with Crippen LogP contribution in [0.3, 0.4) is 0 Å². The number of benzene rings is 2. The van der Waals surface area contributed by atoms with Crippen molar-refractivity contribution in [2.75, 3.05) is 6.61 Å². The van der Waals surface area contributed by atoms with E-state index in [9.17, 15) is 24.6 Å². The van der Waals surface area contributed by atoms with Crippen LogP contribution in [-0.4, -0.2) is 52.7 Å². The van der Waals surface area contributed by atoms with Crippen LogP contribution in [0.5, 0.6) is 0 Å². The maximum atomic E-state index is 13.5. The molecule has 0 aromatic heterocycles. The van der Waals surface area contributed by atoms with Crippen molar-refractivity contribution in [2.24, 2.45) is 34.5 Å². The van der Waals surface area contributed by atoms with E-state index >= 15 is 0 Å². The zero-order valence-electron chi connectivity index (χ0n) is 32.6. The van der Waals surface area contributed by atoms with Crippen LogP contribution >= 0.6 is 0 Å². The Labute approximate surface area is 307 Å². The van der Waals surface area contributed by atoms with E-state index in [2.05, 4.69) is 55.5 Å². The molecule has 2 aliphatic rings. The fourth-order valence-corrected chi connectivity index (χ4v) is 7.94. The van der Waals surface area contributed by atoms with E-state index in [1.54, 1.807) is 6.92 Å². The number of carbonyl (C=O) groups excluding carboxylic acids is 2. The van der Waals surface area contributed by atoms with Gasteiger partial charge in [-0.3, -0.25) is 14.4 Å². The lowest BCUT2D eigenvalue weighted by molar-refractivity contribution is -0.198. The molecule has 8 atom stereocenters. The quantitative estimate of drug-likeness (QED) is 0.175. The summed E-state index contributed by atoms with van der Waals surface area (Å²) < 4.78 is 17.5. The summed E-state index contributed by atoms with van der Waals surface area (Å²) in [5.74, 6) is -1.40. The van der Waals surface area contributed by atoms with Crippen molar-refractivity contribution in [3.05, 3.63) is 48.5 Å². The zero-order chi connectivity index (χ0) is 37.8. The molecule has 286 valence electrons. The van der Waals surface area contributed by atoms with Crippen molar-refractivity contribution in [3.8, 4) is 0 Å². The SMILES string of the molecule is CCC(C)(CCCC(C)(CC(C)CC(C)C(=O)OC(C)(C)C1CCC(C)CC1O)C(=O)OC1CCCCO1)C(=O)O.c1ccc2ccccc2c1. The zero-order valence-corrected chi connectivity index (χ0v) is 32.6. The lowest BCUT2D eigenvalue weighted by Crippen LogP contribution is -2.46. The van der Waals surface area contributed by atoms with E-state index in [4.69, 9.17) is 14.2 Å². The predicted molar refractivity (Wildman–Crippen MR) is 202 cm³/mol. The molecule has 0 spiro atoms. The van der Waals surface area contributed by atoms with Gasteiger partial charge < -0.3 is 24.4 Å². The first kappa shape index (κ1) is 42.4. The number of aliphatic carboxylic acids is 1. The molecule has 2 aromatic rings. The molecule has 51 heavy (non-hydrogen) atoms. The Bertz CT molecular complexity index is 1330. The first-order chi connectivity index (χ1) is 24.0. The molecule has 1 aliphatic heterocycles. The lowest BCUT2D eigenvalue weighted by Gasteiger charge is -2.41. The Morgan fingerprint density at radius 2 is 1.49 bits per heavy atom. The summed E-state index contributed by atoms with van der Waals surface area (Å²) in [5, 5.41) is 23.0. The van der Waals surface area contributed by atoms with Gasteiger partial charge in [0, 0.05) is 12.3 Å². The molecule has 2 aromatic carbocycles. The first-order valence-corrected chi connectivity index (χ1v) is 19.4. The Hall–Kier alpha value is -2.97. The summed E-state index contributed by atoms with van der Waals surface area (Å²) in [7, 11) is 0. The highest BCUT2D eigenvalue weighted by Gasteiger charge is 2.43. The molecule has 4 rings (SSSR count). The molecule has 1 aliphatic carbocycles. The average Bonchev–Trinajstić information content (AvgIpc) is 3.08. The van der Waals surface area contributed by atoms with Gasteiger partial charge in [0.1, 0.15) is 5.60 Å². The summed E-state index contributed by atoms with van der Waals surface area (Å²) in [4.78, 5) is 38.5. The van der Waals surface area contributed by atoms with Gasteiger partial charge in [0.25, 0.3) is 0 Å². The number of carbonyl (C=O) groups is 3. The van der Waals surface area contributed by atoms with Crippen molar-refractivity contribution >= 4 is 28.7 Å². The number of hydrogen-bond donors (Lipinski definition) is 2. The third-order valence-corrected chi connectivity index (χ3v) is 11.6. The first-order valence-electron chi connectivity index (χ1n) is 19.4. The summed E-state index contributed by atoms with van der Waals surface area (Å²) >= 11 is 0. The number of carboxylic acids is 1. The van der Waals surface area contributed by atoms with Gasteiger partial charge in [0.05, 0.1) is 29.5 Å². The van der Waals surface area contributed by atoms with E-state index in [-0.39, 0.29) is 29.7 Å². The average molecular weight is 711 g/mol. The van der Waals surface area contributed by atoms with Crippen LogP contribution in [0.4, 0.5) is 0 Å². The van der Waals surface area contributed by atoms with Gasteiger partial charge in [-0.1, -0.05) is 89.1 Å². The van der Waals surface area contributed by atoms with Gasteiger partial charge in [0.15, 0.2) is 0 Å². The highest BCUT2D eigenvalue weighted by Crippen LogP contribution is 2.41. The molecule has 2 N–H and O–H groups in total.